The van der Waals surface area contributed by atoms with Crippen LogP contribution < -0.4 is 5.32 Å². The number of rotatable bonds is 3. The molecule has 22 heavy (non-hydrogen) atoms. The number of carbonyl (C=O) groups excluding carboxylic acids is 2. The van der Waals surface area contributed by atoms with Crippen molar-refractivity contribution in [2.75, 3.05) is 13.1 Å². The maximum absolute atomic E-state index is 12.1. The summed E-state index contributed by atoms with van der Waals surface area (Å²) in [6.45, 7) is 7.85. The van der Waals surface area contributed by atoms with E-state index in [0.29, 0.717) is 12.3 Å². The molecule has 5 heteroatoms. The molecule has 0 bridgehead atoms. The minimum Gasteiger partial charge on any atom is -0.462 e. The zero-order valence-electron chi connectivity index (χ0n) is 13.4. The van der Waals surface area contributed by atoms with E-state index in [1.54, 1.807) is 0 Å². The quantitative estimate of drug-likeness (QED) is 0.653. The number of ether oxygens (including phenoxy) is 1. The topological polar surface area (TPSA) is 55.4 Å². The summed E-state index contributed by atoms with van der Waals surface area (Å²) in [5.74, 6) is 0.511. The number of halogens is 1. The van der Waals surface area contributed by atoms with Gasteiger partial charge in [-0.15, -0.1) is 0 Å². The molecule has 0 unspecified atom stereocenters. The number of piperidine rings is 1. The highest BCUT2D eigenvalue weighted by Gasteiger charge is 2.21. The van der Waals surface area contributed by atoms with Crippen molar-refractivity contribution in [2.45, 2.75) is 39.2 Å². The van der Waals surface area contributed by atoms with E-state index in [1.807, 2.05) is 45.0 Å². The summed E-state index contributed by atoms with van der Waals surface area (Å²) in [7, 11) is 0. The summed E-state index contributed by atoms with van der Waals surface area (Å²) < 4.78 is 5.57. The van der Waals surface area contributed by atoms with E-state index in [-0.39, 0.29) is 11.5 Å². The van der Waals surface area contributed by atoms with E-state index in [0.717, 1.165) is 36.0 Å². The van der Waals surface area contributed by atoms with Crippen LogP contribution in [0.15, 0.2) is 28.7 Å². The Hall–Kier alpha value is -1.20. The van der Waals surface area contributed by atoms with Crippen LogP contribution in [-0.4, -0.2) is 30.9 Å². The number of hydrogen-bond donors (Lipinski definition) is 1. The molecular weight excluding hydrogens is 346 g/mol. The number of carbonyl (C=O) groups is 2. The molecule has 4 nitrogen and oxygen atoms in total. The fraction of sp³-hybridized carbons (Fsp3) is 0.529. The van der Waals surface area contributed by atoms with Gasteiger partial charge in [-0.2, -0.15) is 0 Å². The van der Waals surface area contributed by atoms with E-state index >= 15 is 0 Å². The molecule has 1 aromatic carbocycles. The average Bonchev–Trinajstić information content (AvgIpc) is 2.48. The molecule has 0 radical (unpaired) electrons. The van der Waals surface area contributed by atoms with Crippen molar-refractivity contribution in [3.63, 3.8) is 0 Å². The van der Waals surface area contributed by atoms with Gasteiger partial charge in [-0.05, 0) is 58.8 Å². The predicted molar refractivity (Wildman–Crippen MR) is 91.0 cm³/mol. The minimum atomic E-state index is -0.318. The van der Waals surface area contributed by atoms with Gasteiger partial charge in [0.1, 0.15) is 5.60 Å². The van der Waals surface area contributed by atoms with E-state index in [4.69, 9.17) is 0 Å². The lowest BCUT2D eigenvalue weighted by molar-refractivity contribution is -0.138. The Morgan fingerprint density at radius 3 is 2.18 bits per heavy atom. The number of nitrogens with one attached hydrogen (secondary N) is 1. The molecule has 122 valence electrons. The number of ketones is 1. The van der Waals surface area contributed by atoms with E-state index in [2.05, 4.69) is 26.0 Å². The smallest absolute Gasteiger partial charge is 0.293 e. The first-order valence-electron chi connectivity index (χ1n) is 7.45. The normalized spacial score (nSPS) is 15.5. The molecule has 1 aliphatic rings. The second-order valence-electron chi connectivity index (χ2n) is 6.22. The number of hydrogen-bond acceptors (Lipinski definition) is 4. The first kappa shape index (κ1) is 18.8. The van der Waals surface area contributed by atoms with Gasteiger partial charge < -0.3 is 10.1 Å². The Morgan fingerprint density at radius 2 is 1.77 bits per heavy atom. The molecule has 1 saturated heterocycles. The third kappa shape index (κ3) is 7.18. The molecule has 0 aromatic heterocycles. The van der Waals surface area contributed by atoms with Crippen molar-refractivity contribution in [3.8, 4) is 0 Å². The largest absolute Gasteiger partial charge is 0.462 e. The highest BCUT2D eigenvalue weighted by molar-refractivity contribution is 9.10. The van der Waals surface area contributed by atoms with Gasteiger partial charge >= 0.3 is 0 Å². The summed E-state index contributed by atoms with van der Waals surface area (Å²) in [6, 6.07) is 7.64. The van der Waals surface area contributed by atoms with Crippen LogP contribution in [0.25, 0.3) is 0 Å². The molecule has 1 N–H and O–H groups in total. The van der Waals surface area contributed by atoms with E-state index in [9.17, 15) is 9.59 Å². The monoisotopic (exact) mass is 369 g/mol. The molecule has 0 aliphatic carbocycles. The summed E-state index contributed by atoms with van der Waals surface area (Å²) in [5.41, 5.74) is 0.520. The van der Waals surface area contributed by atoms with Crippen LogP contribution >= 0.6 is 15.9 Å². The van der Waals surface area contributed by atoms with Crippen LogP contribution in [0.3, 0.4) is 0 Å². The van der Waals surface area contributed by atoms with Crippen LogP contribution in [0.2, 0.25) is 0 Å². The van der Waals surface area contributed by atoms with Gasteiger partial charge in [0.05, 0.1) is 0 Å². The summed E-state index contributed by atoms with van der Waals surface area (Å²) >= 11 is 3.37. The molecule has 0 saturated carbocycles. The van der Waals surface area contributed by atoms with Crippen LogP contribution in [0.5, 0.6) is 0 Å². The molecule has 1 aliphatic heterocycles. The second kappa shape index (κ2) is 9.06. The Kier molecular flexibility index (Phi) is 7.76. The maximum Gasteiger partial charge on any atom is 0.293 e. The van der Waals surface area contributed by atoms with Gasteiger partial charge in [0.15, 0.2) is 5.78 Å². The van der Waals surface area contributed by atoms with Crippen molar-refractivity contribution >= 4 is 28.2 Å². The lowest BCUT2D eigenvalue weighted by atomic mass is 9.90. The summed E-state index contributed by atoms with van der Waals surface area (Å²) in [4.78, 5) is 21.7. The van der Waals surface area contributed by atoms with Gasteiger partial charge in [-0.25, -0.2) is 0 Å². The van der Waals surface area contributed by atoms with E-state index in [1.165, 1.54) is 0 Å². The lowest BCUT2D eigenvalue weighted by Gasteiger charge is -2.21. The van der Waals surface area contributed by atoms with Crippen molar-refractivity contribution in [3.05, 3.63) is 34.3 Å². The van der Waals surface area contributed by atoms with Gasteiger partial charge in [-0.3, -0.25) is 9.59 Å². The SMILES string of the molecule is CC(C)(C)OC=O.O=C(c1ccc(Br)cc1)C1CCNCC1. The van der Waals surface area contributed by atoms with Gasteiger partial charge in [0.25, 0.3) is 6.47 Å². The van der Waals surface area contributed by atoms with Crippen molar-refractivity contribution in [2.24, 2.45) is 5.92 Å². The summed E-state index contributed by atoms with van der Waals surface area (Å²) in [6.07, 6.45) is 1.93. The Labute approximate surface area is 140 Å². The van der Waals surface area contributed by atoms with Crippen LogP contribution in [0.1, 0.15) is 44.0 Å². The molecule has 2 rings (SSSR count). The lowest BCUT2D eigenvalue weighted by Crippen LogP contribution is -2.31. The van der Waals surface area contributed by atoms with Crippen LogP contribution in [0, 0.1) is 5.92 Å². The van der Waals surface area contributed by atoms with Crippen LogP contribution in [-0.2, 0) is 9.53 Å². The maximum atomic E-state index is 12.1. The fourth-order valence-electron chi connectivity index (χ4n) is 2.08. The third-order valence-electron chi connectivity index (χ3n) is 3.24. The van der Waals surface area contributed by atoms with Crippen molar-refractivity contribution < 1.29 is 14.3 Å². The molecule has 0 spiro atoms. The van der Waals surface area contributed by atoms with Gasteiger partial charge in [0.2, 0.25) is 0 Å². The highest BCUT2D eigenvalue weighted by Crippen LogP contribution is 2.19. The Bertz CT molecular complexity index is 474. The van der Waals surface area contributed by atoms with Crippen molar-refractivity contribution in [1.29, 1.82) is 0 Å². The van der Waals surface area contributed by atoms with Gasteiger partial charge in [0, 0.05) is 16.0 Å². The Balaban J connectivity index is 0.000000295. The number of benzene rings is 1. The zero-order chi connectivity index (χ0) is 16.6. The highest BCUT2D eigenvalue weighted by atomic mass is 79.9. The van der Waals surface area contributed by atoms with Crippen molar-refractivity contribution in [1.82, 2.24) is 5.32 Å². The molecule has 0 atom stereocenters. The molecule has 1 aromatic rings. The first-order valence-corrected chi connectivity index (χ1v) is 8.25. The zero-order valence-corrected chi connectivity index (χ0v) is 15.0. The molecule has 1 heterocycles. The standard InChI is InChI=1S/C12H14BrNO.C5H10O2/c13-11-3-1-9(2-4-11)12(15)10-5-7-14-8-6-10;1-5(2,3)7-4-6/h1-4,10,14H,5-8H2;4H,1-3H3. The molecular formula is C17H24BrNO3. The second-order valence-corrected chi connectivity index (χ2v) is 7.14. The molecule has 0 amide bonds. The summed E-state index contributed by atoms with van der Waals surface area (Å²) in [5, 5.41) is 3.27. The first-order chi connectivity index (χ1) is 10.3. The minimum absolute atomic E-state index is 0.215. The van der Waals surface area contributed by atoms with Crippen LogP contribution in [0.4, 0.5) is 0 Å². The predicted octanol–water partition coefficient (Wildman–Crippen LogP) is 3.59. The Morgan fingerprint density at radius 1 is 1.23 bits per heavy atom. The van der Waals surface area contributed by atoms with E-state index < -0.39 is 0 Å². The third-order valence-corrected chi connectivity index (χ3v) is 3.77. The van der Waals surface area contributed by atoms with Gasteiger partial charge in [-0.1, -0.05) is 28.1 Å². The average molecular weight is 370 g/mol. The number of Topliss-reactive ketones (excluding diaryl/α,β-unsaturated/α-hetero) is 1. The fourth-order valence-corrected chi connectivity index (χ4v) is 2.34. The molecule has 1 fully saturated rings.